The zero-order valence-corrected chi connectivity index (χ0v) is 21.2. The van der Waals surface area contributed by atoms with Crippen LogP contribution in [0.2, 0.25) is 0 Å². The number of rotatable bonds is 10. The number of nitrogens with one attached hydrogen (secondary N) is 1. The van der Waals surface area contributed by atoms with Crippen LogP contribution in [0.15, 0.2) is 47.4 Å². The molecule has 0 fully saturated rings. The molecule has 0 amide bonds. The molecular formula is C27H39NO2S. The average Bonchev–Trinajstić information content (AvgIpc) is 2.75. The number of hydrogen-bond donors (Lipinski definition) is 1. The molecule has 0 aliphatic carbocycles. The number of benzene rings is 2. The van der Waals surface area contributed by atoms with E-state index in [4.69, 9.17) is 0 Å². The van der Waals surface area contributed by atoms with Gasteiger partial charge in [0.05, 0.1) is 4.90 Å². The third-order valence-corrected chi connectivity index (χ3v) is 7.40. The number of hydrogen-bond acceptors (Lipinski definition) is 2. The van der Waals surface area contributed by atoms with Gasteiger partial charge < -0.3 is 0 Å². The van der Waals surface area contributed by atoms with Gasteiger partial charge >= 0.3 is 0 Å². The predicted octanol–water partition coefficient (Wildman–Crippen LogP) is 6.97. The van der Waals surface area contributed by atoms with Gasteiger partial charge in [-0.1, -0.05) is 97.9 Å². The highest BCUT2D eigenvalue weighted by molar-refractivity contribution is 7.83. The molecule has 2 aromatic carbocycles. The maximum absolute atomic E-state index is 13.7. The van der Waals surface area contributed by atoms with E-state index in [9.17, 15) is 9.00 Å². The summed E-state index contributed by atoms with van der Waals surface area (Å²) in [6.45, 7) is 17.0. The molecule has 1 unspecified atom stereocenters. The third-order valence-electron chi connectivity index (χ3n) is 6.04. The van der Waals surface area contributed by atoms with Crippen LogP contribution in [-0.4, -0.2) is 16.0 Å². The van der Waals surface area contributed by atoms with E-state index in [-0.39, 0.29) is 29.6 Å². The largest absolute Gasteiger partial charge is 0.294 e. The summed E-state index contributed by atoms with van der Waals surface area (Å²) in [7, 11) is -1.39. The zero-order chi connectivity index (χ0) is 23.3. The molecule has 3 nitrogen and oxygen atoms in total. The van der Waals surface area contributed by atoms with Crippen LogP contribution in [0.3, 0.4) is 0 Å². The third kappa shape index (κ3) is 6.14. The number of carbonyl (C=O) groups excluding carboxylic acids is 1. The van der Waals surface area contributed by atoms with Crippen molar-refractivity contribution >= 4 is 16.8 Å². The minimum atomic E-state index is -1.39. The van der Waals surface area contributed by atoms with Gasteiger partial charge in [0.2, 0.25) is 0 Å². The Balaban J connectivity index is 2.41. The summed E-state index contributed by atoms with van der Waals surface area (Å²) in [5, 5.41) is 0. The molecule has 0 spiro atoms. The van der Waals surface area contributed by atoms with Crippen LogP contribution in [0.25, 0.3) is 0 Å². The Labute approximate surface area is 191 Å². The first kappa shape index (κ1) is 25.5. The van der Waals surface area contributed by atoms with Gasteiger partial charge in [-0.25, -0.2) is 8.93 Å². The fraction of sp³-hybridized carbons (Fsp3) is 0.519. The Bertz CT molecular complexity index is 874. The summed E-state index contributed by atoms with van der Waals surface area (Å²) in [6.07, 6.45) is 0.726. The predicted molar refractivity (Wildman–Crippen MR) is 132 cm³/mol. The lowest BCUT2D eigenvalue weighted by Crippen LogP contribution is -2.39. The van der Waals surface area contributed by atoms with Crippen LogP contribution in [-0.2, 0) is 11.0 Å². The van der Waals surface area contributed by atoms with Gasteiger partial charge in [-0.3, -0.25) is 4.79 Å². The number of ketones is 1. The van der Waals surface area contributed by atoms with Crippen LogP contribution in [0.1, 0.15) is 107 Å². The van der Waals surface area contributed by atoms with Crippen molar-refractivity contribution in [1.82, 2.24) is 4.72 Å². The molecule has 0 saturated heterocycles. The smallest absolute Gasteiger partial charge is 0.167 e. The Morgan fingerprint density at radius 2 is 1.39 bits per heavy atom. The molecule has 31 heavy (non-hydrogen) atoms. The molecular weight excluding hydrogens is 402 g/mol. The van der Waals surface area contributed by atoms with Crippen LogP contribution in [0.4, 0.5) is 0 Å². The standard InChI is InChI=1S/C27H39NO2S/c1-9-25(20(8)26(29)21-13-11-10-12-14-21)28-31(30)27-23(18(4)5)15-22(17(2)3)16-24(27)19(6)7/h10-20,25,28H,9H2,1-8H3/t20-,25+,31?/m1/s1. The Hall–Kier alpha value is -1.78. The molecule has 1 N–H and O–H groups in total. The highest BCUT2D eigenvalue weighted by Crippen LogP contribution is 2.34. The molecule has 3 atom stereocenters. The fourth-order valence-corrected chi connectivity index (χ4v) is 5.67. The van der Waals surface area contributed by atoms with E-state index in [2.05, 4.69) is 58.4 Å². The summed E-state index contributed by atoms with van der Waals surface area (Å²) in [5.74, 6) is 0.759. The first-order chi connectivity index (χ1) is 14.6. The summed E-state index contributed by atoms with van der Waals surface area (Å²) >= 11 is 0. The van der Waals surface area contributed by atoms with Gasteiger partial charge in [0, 0.05) is 17.5 Å². The maximum Gasteiger partial charge on any atom is 0.167 e. The van der Waals surface area contributed by atoms with Gasteiger partial charge in [0.1, 0.15) is 11.0 Å². The van der Waals surface area contributed by atoms with E-state index in [0.717, 1.165) is 22.4 Å². The van der Waals surface area contributed by atoms with E-state index in [1.165, 1.54) is 5.56 Å². The average molecular weight is 442 g/mol. The molecule has 2 aromatic rings. The van der Waals surface area contributed by atoms with Crippen molar-refractivity contribution in [3.8, 4) is 0 Å². The first-order valence-electron chi connectivity index (χ1n) is 11.5. The lowest BCUT2D eigenvalue weighted by atomic mass is 9.89. The molecule has 0 radical (unpaired) electrons. The van der Waals surface area contributed by atoms with Crippen molar-refractivity contribution in [1.29, 1.82) is 0 Å². The van der Waals surface area contributed by atoms with Crippen molar-refractivity contribution in [2.24, 2.45) is 5.92 Å². The maximum atomic E-state index is 13.7. The molecule has 0 bridgehead atoms. The lowest BCUT2D eigenvalue weighted by Gasteiger charge is -2.26. The second kappa shape index (κ2) is 11.2. The van der Waals surface area contributed by atoms with Gasteiger partial charge in [-0.15, -0.1) is 0 Å². The second-order valence-electron chi connectivity index (χ2n) is 9.41. The molecule has 0 saturated carbocycles. The van der Waals surface area contributed by atoms with E-state index in [1.807, 2.05) is 44.2 Å². The molecule has 2 rings (SSSR count). The normalized spacial score (nSPS) is 14.8. The van der Waals surface area contributed by atoms with Crippen LogP contribution in [0, 0.1) is 5.92 Å². The molecule has 4 heteroatoms. The molecule has 0 aliphatic rings. The topological polar surface area (TPSA) is 46.2 Å². The van der Waals surface area contributed by atoms with E-state index >= 15 is 0 Å². The summed E-state index contributed by atoms with van der Waals surface area (Å²) in [4.78, 5) is 13.9. The highest BCUT2D eigenvalue weighted by Gasteiger charge is 2.28. The van der Waals surface area contributed by atoms with Crippen LogP contribution in [0.5, 0.6) is 0 Å². The molecule has 0 aliphatic heterocycles. The van der Waals surface area contributed by atoms with Crippen molar-refractivity contribution in [2.45, 2.75) is 90.5 Å². The Kier molecular flexibility index (Phi) is 9.20. The molecule has 0 heterocycles. The van der Waals surface area contributed by atoms with Crippen molar-refractivity contribution in [2.75, 3.05) is 0 Å². The minimum absolute atomic E-state index is 0.0836. The lowest BCUT2D eigenvalue weighted by molar-refractivity contribution is 0.0908. The zero-order valence-electron chi connectivity index (χ0n) is 20.4. The first-order valence-corrected chi connectivity index (χ1v) is 12.7. The van der Waals surface area contributed by atoms with Crippen molar-refractivity contribution in [3.63, 3.8) is 0 Å². The molecule has 0 aromatic heterocycles. The van der Waals surface area contributed by atoms with Crippen molar-refractivity contribution < 1.29 is 9.00 Å². The highest BCUT2D eigenvalue weighted by atomic mass is 32.2. The SMILES string of the molecule is CC[C@H](NS(=O)c1c(C(C)C)cc(C(C)C)cc1C(C)C)[C@@H](C)C(=O)c1ccccc1. The van der Waals surface area contributed by atoms with Crippen molar-refractivity contribution in [3.05, 3.63) is 64.7 Å². The van der Waals surface area contributed by atoms with Gasteiger partial charge in [-0.2, -0.15) is 0 Å². The van der Waals surface area contributed by atoms with Gasteiger partial charge in [0.25, 0.3) is 0 Å². The number of carbonyl (C=O) groups is 1. The van der Waals surface area contributed by atoms with E-state index in [1.54, 1.807) is 0 Å². The van der Waals surface area contributed by atoms with Gasteiger partial charge in [0.15, 0.2) is 5.78 Å². The quantitative estimate of drug-likeness (QED) is 0.405. The Morgan fingerprint density at radius 1 is 0.871 bits per heavy atom. The Morgan fingerprint density at radius 3 is 1.81 bits per heavy atom. The fourth-order valence-electron chi connectivity index (χ4n) is 3.89. The van der Waals surface area contributed by atoms with E-state index < -0.39 is 11.0 Å². The van der Waals surface area contributed by atoms with Gasteiger partial charge in [-0.05, 0) is 40.9 Å². The summed E-state index contributed by atoms with van der Waals surface area (Å²) in [6, 6.07) is 13.6. The summed E-state index contributed by atoms with van der Waals surface area (Å²) in [5.41, 5.74) is 4.26. The number of Topliss-reactive ketones (excluding diaryl/α,β-unsaturated/α-hetero) is 1. The minimum Gasteiger partial charge on any atom is -0.294 e. The van der Waals surface area contributed by atoms with E-state index in [0.29, 0.717) is 11.5 Å². The molecule has 170 valence electrons. The summed E-state index contributed by atoms with van der Waals surface area (Å²) < 4.78 is 17.0. The van der Waals surface area contributed by atoms with Crippen LogP contribution >= 0.6 is 0 Å². The van der Waals surface area contributed by atoms with Crippen LogP contribution < -0.4 is 4.72 Å². The monoisotopic (exact) mass is 441 g/mol. The second-order valence-corrected chi connectivity index (χ2v) is 10.6.